The van der Waals surface area contributed by atoms with Gasteiger partial charge < -0.3 is 20.1 Å². The zero-order chi connectivity index (χ0) is 20.3. The number of ether oxygens (including phenoxy) is 1. The molecule has 0 fully saturated rings. The molecule has 0 aromatic carbocycles. The summed E-state index contributed by atoms with van der Waals surface area (Å²) in [5.41, 5.74) is -3.14. The molecule has 3 N–H and O–H groups in total. The highest BCUT2D eigenvalue weighted by Gasteiger charge is 2.45. The second-order valence-electron chi connectivity index (χ2n) is 7.17. The maximum Gasteiger partial charge on any atom is 0.336 e. The van der Waals surface area contributed by atoms with E-state index < -0.39 is 52.3 Å². The van der Waals surface area contributed by atoms with Crippen LogP contribution in [0.5, 0.6) is 0 Å². The van der Waals surface area contributed by atoms with Crippen molar-refractivity contribution in [2.75, 3.05) is 6.61 Å². The van der Waals surface area contributed by atoms with Crippen LogP contribution in [0.2, 0.25) is 0 Å². The number of esters is 1. The van der Waals surface area contributed by atoms with E-state index in [4.69, 9.17) is 9.84 Å². The van der Waals surface area contributed by atoms with E-state index >= 15 is 0 Å². The Morgan fingerprint density at radius 3 is 2.19 bits per heavy atom. The molecule has 1 aliphatic carbocycles. The lowest BCUT2D eigenvalue weighted by atomic mass is 9.67. The fraction of sp³-hybridized carbons (Fsp3) is 0.444. The third-order valence-electron chi connectivity index (χ3n) is 4.04. The van der Waals surface area contributed by atoms with Gasteiger partial charge in [0, 0.05) is 17.4 Å². The molecule has 26 heavy (non-hydrogen) atoms. The first-order chi connectivity index (χ1) is 11.8. The Kier molecular flexibility index (Phi) is 6.14. The van der Waals surface area contributed by atoms with Gasteiger partial charge in [-0.15, -0.1) is 0 Å². The van der Waals surface area contributed by atoms with Crippen molar-refractivity contribution >= 4 is 23.9 Å². The maximum atomic E-state index is 11.9. The van der Waals surface area contributed by atoms with Crippen LogP contribution in [0.15, 0.2) is 35.5 Å². The fourth-order valence-corrected chi connectivity index (χ4v) is 2.84. The topological polar surface area (TPSA) is 138 Å². The van der Waals surface area contributed by atoms with Gasteiger partial charge in [-0.25, -0.2) is 14.4 Å². The van der Waals surface area contributed by atoms with Gasteiger partial charge in [-0.2, -0.15) is 0 Å². The summed E-state index contributed by atoms with van der Waals surface area (Å²) in [6.07, 6.45) is 1.68. The van der Waals surface area contributed by atoms with Gasteiger partial charge in [-0.05, 0) is 19.4 Å². The molecule has 0 bridgehead atoms. The minimum Gasteiger partial charge on any atom is -0.481 e. The smallest absolute Gasteiger partial charge is 0.336 e. The van der Waals surface area contributed by atoms with Gasteiger partial charge in [-0.1, -0.05) is 26.5 Å². The summed E-state index contributed by atoms with van der Waals surface area (Å²) in [7, 11) is 0. The Hall–Kier alpha value is -2.90. The molecule has 0 spiro atoms. The molecule has 0 amide bonds. The Balaban J connectivity index is 3.13. The normalized spacial score (nSPS) is 19.8. The number of carboxylic acid groups (broad SMARTS) is 3. The molecule has 8 nitrogen and oxygen atoms in total. The molecule has 0 aliphatic heterocycles. The van der Waals surface area contributed by atoms with Crippen LogP contribution < -0.4 is 0 Å². The van der Waals surface area contributed by atoms with Gasteiger partial charge in [-0.3, -0.25) is 4.79 Å². The Morgan fingerprint density at radius 2 is 1.77 bits per heavy atom. The first kappa shape index (κ1) is 21.1. The molecule has 1 aliphatic rings. The van der Waals surface area contributed by atoms with Gasteiger partial charge in [0.25, 0.3) is 0 Å². The maximum absolute atomic E-state index is 11.9. The third kappa shape index (κ3) is 4.81. The summed E-state index contributed by atoms with van der Waals surface area (Å²) in [6.45, 7) is 8.19. The largest absolute Gasteiger partial charge is 0.481 e. The van der Waals surface area contributed by atoms with E-state index in [-0.39, 0.29) is 18.6 Å². The molecule has 0 radical (unpaired) electrons. The highest BCUT2D eigenvalue weighted by molar-refractivity contribution is 6.02. The molecule has 0 aromatic heterocycles. The number of carboxylic acids is 3. The summed E-state index contributed by atoms with van der Waals surface area (Å²) in [5.74, 6) is -4.81. The highest BCUT2D eigenvalue weighted by atomic mass is 16.5. The van der Waals surface area contributed by atoms with Gasteiger partial charge in [0.05, 0.1) is 23.2 Å². The van der Waals surface area contributed by atoms with Crippen molar-refractivity contribution in [3.8, 4) is 0 Å². The van der Waals surface area contributed by atoms with E-state index in [1.165, 1.54) is 13.0 Å². The lowest BCUT2D eigenvalue weighted by Gasteiger charge is -2.36. The van der Waals surface area contributed by atoms with E-state index in [1.807, 2.05) is 0 Å². The number of rotatable bonds is 8. The quantitative estimate of drug-likeness (QED) is 0.438. The van der Waals surface area contributed by atoms with E-state index in [2.05, 4.69) is 6.58 Å². The molecular formula is C18H22O8. The first-order valence-electron chi connectivity index (χ1n) is 7.76. The van der Waals surface area contributed by atoms with Crippen molar-refractivity contribution in [3.63, 3.8) is 0 Å². The fourth-order valence-electron chi connectivity index (χ4n) is 2.84. The Morgan fingerprint density at radius 1 is 1.19 bits per heavy atom. The zero-order valence-electron chi connectivity index (χ0n) is 14.9. The van der Waals surface area contributed by atoms with Crippen molar-refractivity contribution < 1.29 is 39.2 Å². The number of carbonyl (C=O) groups is 4. The SMILES string of the molecule is C=C(C)C(=O)OCC(C)(C)CC1(C(=O)O)C=CC(C(=O)O)=C(C(=O)O)C1. The average molecular weight is 366 g/mol. The summed E-state index contributed by atoms with van der Waals surface area (Å²) in [4.78, 5) is 46.1. The molecule has 1 rings (SSSR count). The molecule has 0 saturated carbocycles. The van der Waals surface area contributed by atoms with Crippen LogP contribution >= 0.6 is 0 Å². The molecule has 8 heteroatoms. The molecule has 0 saturated heterocycles. The third-order valence-corrected chi connectivity index (χ3v) is 4.04. The van der Waals surface area contributed by atoms with Gasteiger partial charge in [0.1, 0.15) is 0 Å². The second-order valence-corrected chi connectivity index (χ2v) is 7.17. The molecule has 1 atom stereocenters. The van der Waals surface area contributed by atoms with Crippen molar-refractivity contribution in [2.45, 2.75) is 33.6 Å². The van der Waals surface area contributed by atoms with E-state index in [0.29, 0.717) is 0 Å². The number of carbonyl (C=O) groups excluding carboxylic acids is 1. The Bertz CT molecular complexity index is 725. The number of hydrogen-bond donors (Lipinski definition) is 3. The minimum absolute atomic E-state index is 0.0566. The summed E-state index contributed by atoms with van der Waals surface area (Å²) >= 11 is 0. The minimum atomic E-state index is -1.62. The lowest BCUT2D eigenvalue weighted by molar-refractivity contribution is -0.150. The van der Waals surface area contributed by atoms with Gasteiger partial charge >= 0.3 is 23.9 Å². The van der Waals surface area contributed by atoms with Crippen molar-refractivity contribution in [1.29, 1.82) is 0 Å². The van der Waals surface area contributed by atoms with Crippen LogP contribution in [0.4, 0.5) is 0 Å². The van der Waals surface area contributed by atoms with Crippen LogP contribution in [-0.4, -0.2) is 45.8 Å². The predicted molar refractivity (Wildman–Crippen MR) is 90.3 cm³/mol. The van der Waals surface area contributed by atoms with Crippen LogP contribution in [0, 0.1) is 10.8 Å². The molecular weight excluding hydrogens is 344 g/mol. The standard InChI is InChI=1S/C18H22O8/c1-10(2)15(23)26-9-17(3,4)8-18(16(24)25)6-5-11(13(19)20)12(7-18)14(21)22/h5-6H,1,7-9H2,2-4H3,(H,19,20)(H,21,22)(H,24,25). The number of aliphatic carboxylic acids is 3. The molecule has 0 aromatic rings. The average Bonchev–Trinajstić information content (AvgIpc) is 2.51. The zero-order valence-corrected chi connectivity index (χ0v) is 14.9. The van der Waals surface area contributed by atoms with Crippen LogP contribution in [0.1, 0.15) is 33.6 Å². The molecule has 0 heterocycles. The van der Waals surface area contributed by atoms with Crippen molar-refractivity contribution in [2.24, 2.45) is 10.8 Å². The molecule has 142 valence electrons. The lowest BCUT2D eigenvalue weighted by Crippen LogP contribution is -2.39. The second kappa shape index (κ2) is 7.55. The summed E-state index contributed by atoms with van der Waals surface area (Å²) < 4.78 is 5.09. The van der Waals surface area contributed by atoms with Crippen LogP contribution in [0.3, 0.4) is 0 Å². The summed E-state index contributed by atoms with van der Waals surface area (Å²) in [6, 6.07) is 0. The van der Waals surface area contributed by atoms with Crippen molar-refractivity contribution in [1.82, 2.24) is 0 Å². The monoisotopic (exact) mass is 366 g/mol. The Labute approximate surface area is 150 Å². The van der Waals surface area contributed by atoms with Gasteiger partial charge in [0.2, 0.25) is 0 Å². The highest BCUT2D eigenvalue weighted by Crippen LogP contribution is 2.44. The van der Waals surface area contributed by atoms with Crippen LogP contribution in [0.25, 0.3) is 0 Å². The van der Waals surface area contributed by atoms with E-state index in [9.17, 15) is 29.4 Å². The van der Waals surface area contributed by atoms with Gasteiger partial charge in [0.15, 0.2) is 0 Å². The number of hydrogen-bond acceptors (Lipinski definition) is 5. The summed E-state index contributed by atoms with van der Waals surface area (Å²) in [5, 5.41) is 28.1. The molecule has 1 unspecified atom stereocenters. The van der Waals surface area contributed by atoms with Crippen LogP contribution in [-0.2, 0) is 23.9 Å². The van der Waals surface area contributed by atoms with Crippen molar-refractivity contribution in [3.05, 3.63) is 35.5 Å². The first-order valence-corrected chi connectivity index (χ1v) is 7.76. The van der Waals surface area contributed by atoms with E-state index in [0.717, 1.165) is 6.08 Å². The predicted octanol–water partition coefficient (Wildman–Crippen LogP) is 2.02. The van der Waals surface area contributed by atoms with E-state index in [1.54, 1.807) is 13.8 Å².